The van der Waals surface area contributed by atoms with Crippen LogP contribution in [0.2, 0.25) is 10.0 Å². The van der Waals surface area contributed by atoms with E-state index in [-0.39, 0.29) is 5.91 Å². The molecule has 1 fully saturated rings. The van der Waals surface area contributed by atoms with Gasteiger partial charge in [-0.15, -0.1) is 0 Å². The molecule has 1 aliphatic rings. The first-order valence-electron chi connectivity index (χ1n) is 8.06. The molecule has 0 bridgehead atoms. The summed E-state index contributed by atoms with van der Waals surface area (Å²) in [5.74, 6) is -0.0440. The lowest BCUT2D eigenvalue weighted by Crippen LogP contribution is -2.48. The predicted octanol–water partition coefficient (Wildman–Crippen LogP) is 4.26. The third-order valence-electron chi connectivity index (χ3n) is 4.37. The Hall–Kier alpha value is -1.55. The first kappa shape index (κ1) is 17.3. The SMILES string of the molecule is Cc1ccc(CN2CCN(C(=O)c3cccc(Cl)c3Cl)CC2)cc1. The number of piperazine rings is 1. The lowest BCUT2D eigenvalue weighted by molar-refractivity contribution is 0.0628. The van der Waals surface area contributed by atoms with Gasteiger partial charge in [0.05, 0.1) is 15.6 Å². The van der Waals surface area contributed by atoms with Gasteiger partial charge in [0.2, 0.25) is 0 Å². The van der Waals surface area contributed by atoms with Gasteiger partial charge >= 0.3 is 0 Å². The van der Waals surface area contributed by atoms with E-state index in [0.717, 1.165) is 19.6 Å². The molecule has 0 spiro atoms. The first-order valence-corrected chi connectivity index (χ1v) is 8.81. The number of rotatable bonds is 3. The molecule has 0 aromatic heterocycles. The molecule has 0 radical (unpaired) electrons. The lowest BCUT2D eigenvalue weighted by atomic mass is 10.1. The van der Waals surface area contributed by atoms with Crippen LogP contribution in [0.3, 0.4) is 0 Å². The van der Waals surface area contributed by atoms with Crippen molar-refractivity contribution in [2.24, 2.45) is 0 Å². The Morgan fingerprint density at radius 2 is 1.67 bits per heavy atom. The van der Waals surface area contributed by atoms with Crippen LogP contribution < -0.4 is 0 Å². The Morgan fingerprint density at radius 3 is 2.33 bits per heavy atom. The van der Waals surface area contributed by atoms with Gasteiger partial charge in [0.25, 0.3) is 5.91 Å². The Kier molecular flexibility index (Phi) is 5.44. The highest BCUT2D eigenvalue weighted by Gasteiger charge is 2.24. The zero-order valence-corrected chi connectivity index (χ0v) is 15.1. The molecule has 0 atom stereocenters. The highest BCUT2D eigenvalue weighted by Crippen LogP contribution is 2.26. The van der Waals surface area contributed by atoms with Gasteiger partial charge in [-0.3, -0.25) is 9.69 Å². The number of hydrogen-bond donors (Lipinski definition) is 0. The highest BCUT2D eigenvalue weighted by molar-refractivity contribution is 6.43. The van der Waals surface area contributed by atoms with E-state index in [1.807, 2.05) is 4.90 Å². The summed E-state index contributed by atoms with van der Waals surface area (Å²) >= 11 is 12.2. The van der Waals surface area contributed by atoms with E-state index in [9.17, 15) is 4.79 Å². The van der Waals surface area contributed by atoms with E-state index in [1.54, 1.807) is 18.2 Å². The van der Waals surface area contributed by atoms with E-state index >= 15 is 0 Å². The van der Waals surface area contributed by atoms with Crippen LogP contribution in [0.1, 0.15) is 21.5 Å². The molecule has 24 heavy (non-hydrogen) atoms. The fourth-order valence-electron chi connectivity index (χ4n) is 2.90. The maximum atomic E-state index is 12.6. The molecule has 0 N–H and O–H groups in total. The van der Waals surface area contributed by atoms with Crippen molar-refractivity contribution in [2.75, 3.05) is 26.2 Å². The maximum absolute atomic E-state index is 12.6. The quantitative estimate of drug-likeness (QED) is 0.814. The highest BCUT2D eigenvalue weighted by atomic mass is 35.5. The molecule has 3 nitrogen and oxygen atoms in total. The molecule has 1 heterocycles. The third-order valence-corrected chi connectivity index (χ3v) is 5.19. The summed E-state index contributed by atoms with van der Waals surface area (Å²) < 4.78 is 0. The Morgan fingerprint density at radius 1 is 1.00 bits per heavy atom. The van der Waals surface area contributed by atoms with Crippen LogP contribution in [0.4, 0.5) is 0 Å². The van der Waals surface area contributed by atoms with E-state index in [4.69, 9.17) is 23.2 Å². The number of carbonyl (C=O) groups is 1. The third kappa shape index (κ3) is 3.92. The fourth-order valence-corrected chi connectivity index (χ4v) is 3.28. The molecule has 1 aliphatic heterocycles. The Balaban J connectivity index is 1.59. The molecule has 1 saturated heterocycles. The molecule has 3 rings (SSSR count). The van der Waals surface area contributed by atoms with Gasteiger partial charge in [0.15, 0.2) is 0 Å². The van der Waals surface area contributed by atoms with Crippen molar-refractivity contribution in [3.63, 3.8) is 0 Å². The normalized spacial score (nSPS) is 15.5. The fraction of sp³-hybridized carbons (Fsp3) is 0.316. The largest absolute Gasteiger partial charge is 0.336 e. The van der Waals surface area contributed by atoms with Crippen LogP contribution in [-0.2, 0) is 6.54 Å². The number of nitrogens with zero attached hydrogens (tertiary/aromatic N) is 2. The molecule has 126 valence electrons. The van der Waals surface area contributed by atoms with E-state index in [2.05, 4.69) is 36.1 Å². The van der Waals surface area contributed by atoms with Crippen LogP contribution in [0.15, 0.2) is 42.5 Å². The van der Waals surface area contributed by atoms with Gasteiger partial charge in [-0.1, -0.05) is 59.1 Å². The summed E-state index contributed by atoms with van der Waals surface area (Å²) in [5.41, 5.74) is 3.06. The average molecular weight is 363 g/mol. The van der Waals surface area contributed by atoms with Crippen LogP contribution in [0.5, 0.6) is 0 Å². The molecule has 0 saturated carbocycles. The standard InChI is InChI=1S/C19H20Cl2N2O/c1-14-5-7-15(8-6-14)13-22-9-11-23(12-10-22)19(24)16-3-2-4-17(20)18(16)21/h2-8H,9-13H2,1H3. The minimum absolute atomic E-state index is 0.0440. The van der Waals surface area contributed by atoms with Gasteiger partial charge in [-0.05, 0) is 24.6 Å². The smallest absolute Gasteiger partial charge is 0.255 e. The van der Waals surface area contributed by atoms with E-state index < -0.39 is 0 Å². The van der Waals surface area contributed by atoms with Crippen molar-refractivity contribution in [1.29, 1.82) is 0 Å². The maximum Gasteiger partial charge on any atom is 0.255 e. The zero-order valence-electron chi connectivity index (χ0n) is 13.6. The molecular weight excluding hydrogens is 343 g/mol. The van der Waals surface area contributed by atoms with Crippen LogP contribution >= 0.6 is 23.2 Å². The second kappa shape index (κ2) is 7.56. The van der Waals surface area contributed by atoms with Crippen LogP contribution in [-0.4, -0.2) is 41.9 Å². The van der Waals surface area contributed by atoms with Gasteiger partial charge in [0.1, 0.15) is 0 Å². The predicted molar refractivity (Wildman–Crippen MR) is 98.8 cm³/mol. The average Bonchev–Trinajstić information content (AvgIpc) is 2.59. The van der Waals surface area contributed by atoms with E-state index in [1.165, 1.54) is 11.1 Å². The van der Waals surface area contributed by atoms with E-state index in [0.29, 0.717) is 28.7 Å². The van der Waals surface area contributed by atoms with Gasteiger partial charge < -0.3 is 4.90 Å². The molecular formula is C19H20Cl2N2O. The summed E-state index contributed by atoms with van der Waals surface area (Å²) in [5, 5.41) is 0.756. The summed E-state index contributed by atoms with van der Waals surface area (Å²) in [6, 6.07) is 13.8. The summed E-state index contributed by atoms with van der Waals surface area (Å²) in [4.78, 5) is 16.9. The molecule has 0 unspecified atom stereocenters. The van der Waals surface area contributed by atoms with Crippen molar-refractivity contribution in [3.05, 3.63) is 69.2 Å². The minimum Gasteiger partial charge on any atom is -0.336 e. The number of amides is 1. The zero-order chi connectivity index (χ0) is 17.1. The molecule has 5 heteroatoms. The van der Waals surface area contributed by atoms with Crippen LogP contribution in [0.25, 0.3) is 0 Å². The summed E-state index contributed by atoms with van der Waals surface area (Å²) in [7, 11) is 0. The van der Waals surface area contributed by atoms with Crippen molar-refractivity contribution in [1.82, 2.24) is 9.80 Å². The number of halogens is 2. The van der Waals surface area contributed by atoms with Crippen LogP contribution in [0, 0.1) is 6.92 Å². The van der Waals surface area contributed by atoms with Crippen molar-refractivity contribution < 1.29 is 4.79 Å². The van der Waals surface area contributed by atoms with Gasteiger partial charge in [0, 0.05) is 32.7 Å². The topological polar surface area (TPSA) is 23.6 Å². The number of carbonyl (C=O) groups excluding carboxylic acids is 1. The summed E-state index contributed by atoms with van der Waals surface area (Å²) in [6.07, 6.45) is 0. The van der Waals surface area contributed by atoms with Gasteiger partial charge in [-0.25, -0.2) is 0 Å². The Bertz CT molecular complexity index is 723. The molecule has 1 amide bonds. The number of benzene rings is 2. The number of hydrogen-bond acceptors (Lipinski definition) is 2. The summed E-state index contributed by atoms with van der Waals surface area (Å²) in [6.45, 7) is 6.13. The first-order chi connectivity index (χ1) is 11.5. The Labute approximate surface area is 152 Å². The second-order valence-electron chi connectivity index (χ2n) is 6.16. The van der Waals surface area contributed by atoms with Crippen molar-refractivity contribution in [2.45, 2.75) is 13.5 Å². The lowest BCUT2D eigenvalue weighted by Gasteiger charge is -2.35. The van der Waals surface area contributed by atoms with Gasteiger partial charge in [-0.2, -0.15) is 0 Å². The molecule has 2 aromatic carbocycles. The number of aryl methyl sites for hydroxylation is 1. The van der Waals surface area contributed by atoms with Crippen molar-refractivity contribution in [3.8, 4) is 0 Å². The second-order valence-corrected chi connectivity index (χ2v) is 6.94. The molecule has 0 aliphatic carbocycles. The monoisotopic (exact) mass is 362 g/mol. The van der Waals surface area contributed by atoms with Crippen molar-refractivity contribution >= 4 is 29.1 Å². The molecule has 2 aromatic rings. The minimum atomic E-state index is -0.0440.